The highest BCUT2D eigenvalue weighted by atomic mass is 35.5. The predicted octanol–water partition coefficient (Wildman–Crippen LogP) is 3.16. The number of fused-ring (bicyclic) bond motifs is 1. The first-order valence-electron chi connectivity index (χ1n) is 7.65. The van der Waals surface area contributed by atoms with Crippen molar-refractivity contribution in [1.82, 2.24) is 9.29 Å². The molecule has 1 aliphatic carbocycles. The van der Waals surface area contributed by atoms with Crippen LogP contribution in [0.1, 0.15) is 44.1 Å². The summed E-state index contributed by atoms with van der Waals surface area (Å²) < 4.78 is 27.5. The number of nitrogens with zero attached hydrogens (tertiary/aromatic N) is 2. The van der Waals surface area contributed by atoms with Crippen LogP contribution >= 0.6 is 11.6 Å². The summed E-state index contributed by atoms with van der Waals surface area (Å²) in [7, 11) is -3.48. The molecule has 3 rings (SSSR count). The number of hydrogen-bond acceptors (Lipinski definition) is 3. The molecule has 116 valence electrons. The molecular weight excluding hydrogens is 308 g/mol. The molecule has 2 fully saturated rings. The van der Waals surface area contributed by atoms with E-state index in [2.05, 4.69) is 4.98 Å². The van der Waals surface area contributed by atoms with Gasteiger partial charge in [0.1, 0.15) is 0 Å². The lowest BCUT2D eigenvalue weighted by molar-refractivity contribution is 0.129. The van der Waals surface area contributed by atoms with E-state index in [9.17, 15) is 8.42 Å². The van der Waals surface area contributed by atoms with Gasteiger partial charge in [0.2, 0.25) is 0 Å². The standard InChI is InChI=1S/C15H21ClN2O2S/c16-10-12-7-8-15(17-11-12)21(19,20)18-9-3-5-13-4-1-2-6-14(13)18/h7-8,11,13-14H,1-6,9-10H2/t13-,14-/m1/s1. The zero-order chi connectivity index (χ0) is 14.9. The second-order valence-corrected chi connectivity index (χ2v) is 8.11. The molecule has 0 spiro atoms. The molecule has 4 nitrogen and oxygen atoms in total. The molecule has 1 aliphatic heterocycles. The molecule has 6 heteroatoms. The average molecular weight is 329 g/mol. The first kappa shape index (κ1) is 15.3. The van der Waals surface area contributed by atoms with Crippen molar-refractivity contribution in [2.45, 2.75) is 55.5 Å². The molecule has 1 saturated carbocycles. The van der Waals surface area contributed by atoms with Gasteiger partial charge in [-0.1, -0.05) is 18.9 Å². The molecule has 0 radical (unpaired) electrons. The summed E-state index contributed by atoms with van der Waals surface area (Å²) >= 11 is 5.73. The number of alkyl halides is 1. The lowest BCUT2D eigenvalue weighted by Gasteiger charge is -2.42. The third kappa shape index (κ3) is 2.96. The van der Waals surface area contributed by atoms with E-state index in [1.54, 1.807) is 22.6 Å². The third-order valence-electron chi connectivity index (χ3n) is 4.72. The Morgan fingerprint density at radius 1 is 1.19 bits per heavy atom. The fourth-order valence-electron chi connectivity index (χ4n) is 3.64. The van der Waals surface area contributed by atoms with Crippen molar-refractivity contribution >= 4 is 21.6 Å². The molecular formula is C15H21ClN2O2S. The summed E-state index contributed by atoms with van der Waals surface area (Å²) in [5, 5.41) is 0.155. The van der Waals surface area contributed by atoms with Crippen molar-refractivity contribution in [2.24, 2.45) is 5.92 Å². The lowest BCUT2D eigenvalue weighted by Crippen LogP contribution is -2.49. The fourth-order valence-corrected chi connectivity index (χ4v) is 5.47. The molecule has 1 aromatic heterocycles. The maximum Gasteiger partial charge on any atom is 0.260 e. The van der Waals surface area contributed by atoms with E-state index in [0.29, 0.717) is 18.3 Å². The van der Waals surface area contributed by atoms with Crippen molar-refractivity contribution in [3.05, 3.63) is 23.9 Å². The van der Waals surface area contributed by atoms with Gasteiger partial charge >= 0.3 is 0 Å². The van der Waals surface area contributed by atoms with Crippen molar-refractivity contribution in [3.8, 4) is 0 Å². The fraction of sp³-hybridized carbons (Fsp3) is 0.667. The van der Waals surface area contributed by atoms with Crippen LogP contribution in [0.3, 0.4) is 0 Å². The molecule has 0 bridgehead atoms. The Kier molecular flexibility index (Phi) is 4.52. The van der Waals surface area contributed by atoms with Gasteiger partial charge in [0.25, 0.3) is 10.0 Å². The van der Waals surface area contributed by atoms with Gasteiger partial charge in [-0.05, 0) is 43.2 Å². The summed E-state index contributed by atoms with van der Waals surface area (Å²) in [4.78, 5) is 4.12. The molecule has 21 heavy (non-hydrogen) atoms. The Morgan fingerprint density at radius 2 is 1.95 bits per heavy atom. The van der Waals surface area contributed by atoms with Crippen LogP contribution in [0.2, 0.25) is 0 Å². The zero-order valence-corrected chi connectivity index (χ0v) is 13.6. The maximum absolute atomic E-state index is 12.9. The molecule has 2 heterocycles. The summed E-state index contributed by atoms with van der Waals surface area (Å²) in [6.07, 6.45) is 8.19. The molecule has 0 aromatic carbocycles. The Morgan fingerprint density at radius 3 is 2.67 bits per heavy atom. The Labute approximate surface area is 131 Å². The molecule has 2 atom stereocenters. The predicted molar refractivity (Wildman–Crippen MR) is 82.7 cm³/mol. The van der Waals surface area contributed by atoms with Gasteiger partial charge in [-0.2, -0.15) is 4.31 Å². The van der Waals surface area contributed by atoms with E-state index in [4.69, 9.17) is 11.6 Å². The Bertz CT molecular complexity index is 586. The van der Waals surface area contributed by atoms with Crippen LogP contribution in [0.25, 0.3) is 0 Å². The van der Waals surface area contributed by atoms with Crippen LogP contribution in [0.5, 0.6) is 0 Å². The summed E-state index contributed by atoms with van der Waals surface area (Å²) in [6, 6.07) is 3.50. The number of piperidine rings is 1. The zero-order valence-electron chi connectivity index (χ0n) is 12.0. The molecule has 1 saturated heterocycles. The lowest BCUT2D eigenvalue weighted by atomic mass is 9.79. The summed E-state index contributed by atoms with van der Waals surface area (Å²) in [6.45, 7) is 0.627. The van der Waals surface area contributed by atoms with Crippen molar-refractivity contribution in [1.29, 1.82) is 0 Å². The van der Waals surface area contributed by atoms with Gasteiger partial charge in [-0.25, -0.2) is 13.4 Å². The molecule has 0 amide bonds. The first-order valence-corrected chi connectivity index (χ1v) is 9.63. The topological polar surface area (TPSA) is 50.3 Å². The van der Waals surface area contributed by atoms with Gasteiger partial charge < -0.3 is 0 Å². The van der Waals surface area contributed by atoms with E-state index in [1.165, 1.54) is 6.42 Å². The highest BCUT2D eigenvalue weighted by Crippen LogP contribution is 2.37. The van der Waals surface area contributed by atoms with E-state index in [1.807, 2.05) is 0 Å². The van der Waals surface area contributed by atoms with E-state index < -0.39 is 10.0 Å². The molecule has 0 N–H and O–H groups in total. The largest absolute Gasteiger partial charge is 0.260 e. The summed E-state index contributed by atoms with van der Waals surface area (Å²) in [5.74, 6) is 0.881. The molecule has 1 aromatic rings. The Balaban J connectivity index is 1.88. The highest BCUT2D eigenvalue weighted by Gasteiger charge is 2.40. The number of hydrogen-bond donors (Lipinski definition) is 0. The van der Waals surface area contributed by atoms with Gasteiger partial charge in [-0.3, -0.25) is 0 Å². The van der Waals surface area contributed by atoms with E-state index >= 15 is 0 Å². The minimum atomic E-state index is -3.48. The smallest absolute Gasteiger partial charge is 0.243 e. The van der Waals surface area contributed by atoms with Crippen LogP contribution < -0.4 is 0 Å². The van der Waals surface area contributed by atoms with Gasteiger partial charge in [0.05, 0.1) is 0 Å². The van der Waals surface area contributed by atoms with E-state index in [-0.39, 0.29) is 11.1 Å². The monoisotopic (exact) mass is 328 g/mol. The first-order chi connectivity index (χ1) is 10.1. The minimum Gasteiger partial charge on any atom is -0.243 e. The minimum absolute atomic E-state index is 0.155. The van der Waals surface area contributed by atoms with Crippen LogP contribution in [-0.4, -0.2) is 30.3 Å². The van der Waals surface area contributed by atoms with Crippen LogP contribution in [0.4, 0.5) is 0 Å². The normalized spacial score (nSPS) is 27.3. The highest BCUT2D eigenvalue weighted by molar-refractivity contribution is 7.89. The second-order valence-electron chi connectivity index (χ2n) is 6.01. The SMILES string of the molecule is O=S(=O)(c1ccc(CCl)cn1)N1CCC[C@H]2CCCC[C@H]21. The van der Waals surface area contributed by atoms with Crippen molar-refractivity contribution in [2.75, 3.05) is 6.54 Å². The number of halogens is 1. The van der Waals surface area contributed by atoms with Gasteiger partial charge in [0, 0.05) is 24.7 Å². The number of aromatic nitrogens is 1. The van der Waals surface area contributed by atoms with Gasteiger partial charge in [0.15, 0.2) is 5.03 Å². The molecule has 0 unspecified atom stereocenters. The van der Waals surface area contributed by atoms with Crippen LogP contribution in [-0.2, 0) is 15.9 Å². The molecule has 2 aliphatic rings. The van der Waals surface area contributed by atoms with E-state index in [0.717, 1.165) is 37.7 Å². The number of sulfonamides is 1. The van der Waals surface area contributed by atoms with Gasteiger partial charge in [-0.15, -0.1) is 11.6 Å². The van der Waals surface area contributed by atoms with Crippen LogP contribution in [0.15, 0.2) is 23.4 Å². The number of rotatable bonds is 3. The van der Waals surface area contributed by atoms with Crippen molar-refractivity contribution < 1.29 is 8.42 Å². The average Bonchev–Trinajstić information content (AvgIpc) is 2.54. The quantitative estimate of drug-likeness (QED) is 0.801. The second kappa shape index (κ2) is 6.23. The van der Waals surface area contributed by atoms with Crippen LogP contribution in [0, 0.1) is 5.92 Å². The van der Waals surface area contributed by atoms with Crippen molar-refractivity contribution in [3.63, 3.8) is 0 Å². The maximum atomic E-state index is 12.9. The number of pyridine rings is 1. The Hall–Kier alpha value is -0.650. The summed E-state index contributed by atoms with van der Waals surface area (Å²) in [5.41, 5.74) is 0.838. The third-order valence-corrected chi connectivity index (χ3v) is 6.87.